The number of benzene rings is 2. The fraction of sp³-hybridized carbons (Fsp3) is 0.167. The third-order valence-electron chi connectivity index (χ3n) is 4.04. The zero-order valence-corrected chi connectivity index (χ0v) is 15.7. The number of halogens is 2. The van der Waals surface area contributed by atoms with Crippen molar-refractivity contribution < 1.29 is 22.0 Å². The van der Waals surface area contributed by atoms with Gasteiger partial charge >= 0.3 is 6.03 Å². The van der Waals surface area contributed by atoms with E-state index in [2.05, 4.69) is 10.1 Å². The number of carbonyl (C=O) groups excluding carboxylic acids is 1. The average molecular weight is 406 g/mol. The summed E-state index contributed by atoms with van der Waals surface area (Å²) in [6.45, 7) is 0. The van der Waals surface area contributed by atoms with Gasteiger partial charge in [-0.05, 0) is 35.4 Å². The van der Waals surface area contributed by atoms with Crippen LogP contribution < -0.4 is 0 Å². The highest BCUT2D eigenvalue weighted by molar-refractivity contribution is 7.63. The van der Waals surface area contributed by atoms with E-state index in [1.807, 2.05) is 0 Å². The fourth-order valence-electron chi connectivity index (χ4n) is 2.73. The summed E-state index contributed by atoms with van der Waals surface area (Å²) in [5.74, 6) is -1.44. The summed E-state index contributed by atoms with van der Waals surface area (Å²) in [5.41, 5.74) is 1.16. The molecule has 1 heterocycles. The van der Waals surface area contributed by atoms with Crippen molar-refractivity contribution in [2.45, 2.75) is 5.92 Å². The number of nitrogens with zero attached hydrogens (tertiary/aromatic N) is 3. The molecule has 0 bridgehead atoms. The lowest BCUT2D eigenvalue weighted by atomic mass is 9.90. The van der Waals surface area contributed by atoms with Crippen molar-refractivity contribution in [2.24, 2.45) is 0 Å². The summed E-state index contributed by atoms with van der Waals surface area (Å²) in [7, 11) is 0.136. The van der Waals surface area contributed by atoms with E-state index in [1.165, 1.54) is 67.5 Å². The van der Waals surface area contributed by atoms with Gasteiger partial charge in [-0.15, -0.1) is 0 Å². The Hall–Kier alpha value is -3.27. The van der Waals surface area contributed by atoms with Gasteiger partial charge in [0.1, 0.15) is 17.5 Å². The second-order valence-corrected chi connectivity index (χ2v) is 7.01. The van der Waals surface area contributed by atoms with Crippen molar-refractivity contribution in [3.8, 4) is 0 Å². The van der Waals surface area contributed by atoms with Crippen LogP contribution in [0.1, 0.15) is 22.9 Å². The van der Waals surface area contributed by atoms with Crippen LogP contribution in [0.15, 0.2) is 48.5 Å². The van der Waals surface area contributed by atoms with Crippen LogP contribution in [0.25, 0.3) is 0 Å². The van der Waals surface area contributed by atoms with Crippen LogP contribution in [0.5, 0.6) is 0 Å². The molecular weight excluding hydrogens is 390 g/mol. The Bertz CT molecular complexity index is 1130. The number of hydrogen-bond donors (Lipinski definition) is 1. The number of aromatic amines is 1. The number of hydrogen-bond acceptors (Lipinski definition) is 4. The molecule has 1 aromatic heterocycles. The second kappa shape index (κ2) is 7.77. The third kappa shape index (κ3) is 3.86. The Kier molecular flexibility index (Phi) is 5.41. The zero-order chi connectivity index (χ0) is 20.4. The number of aromatic nitrogens is 3. The molecule has 10 heteroatoms. The van der Waals surface area contributed by atoms with E-state index >= 15 is 0 Å². The first-order valence-corrected chi connectivity index (χ1v) is 9.19. The minimum absolute atomic E-state index is 0.132. The normalized spacial score (nSPS) is 10.9. The molecule has 28 heavy (non-hydrogen) atoms. The van der Waals surface area contributed by atoms with Gasteiger partial charge in [0.25, 0.3) is 15.1 Å². The van der Waals surface area contributed by atoms with Crippen molar-refractivity contribution >= 4 is 16.3 Å². The maximum atomic E-state index is 13.4. The standard InChI is InChI=1S/C18H16F2N4O3S/c1-23(2)18(25)24-17(28(26)27)21-16(22-24)15(11-3-7-13(19)8-4-11)12-5-9-14(20)10-6-12/h3-10,15H,1-2H3,(H,21,22). The molecule has 0 saturated carbocycles. The van der Waals surface area contributed by atoms with Gasteiger partial charge < -0.3 is 4.90 Å². The van der Waals surface area contributed by atoms with E-state index in [-0.39, 0.29) is 5.82 Å². The molecule has 7 nitrogen and oxygen atoms in total. The van der Waals surface area contributed by atoms with Crippen molar-refractivity contribution in [3.63, 3.8) is 0 Å². The number of rotatable bonds is 3. The molecule has 1 amide bonds. The number of amides is 1. The first-order valence-electron chi connectivity index (χ1n) is 8.11. The van der Waals surface area contributed by atoms with E-state index in [4.69, 9.17) is 0 Å². The summed E-state index contributed by atoms with van der Waals surface area (Å²) in [5, 5.41) is 2.70. The van der Waals surface area contributed by atoms with Crippen LogP contribution in [0.2, 0.25) is 0 Å². The van der Waals surface area contributed by atoms with Crippen LogP contribution in [-0.4, -0.2) is 48.2 Å². The SMILES string of the molecule is CN(C)C(=O)n1[nH]c(C(c2ccc(F)cc2)c2ccc(F)cc2)nc1=S(=O)=O. The summed E-state index contributed by atoms with van der Waals surface area (Å²) < 4.78 is 50.2. The highest BCUT2D eigenvalue weighted by Gasteiger charge is 2.23. The molecule has 3 rings (SSSR count). The van der Waals surface area contributed by atoms with Crippen LogP contribution in [0.4, 0.5) is 13.6 Å². The molecule has 0 spiro atoms. The van der Waals surface area contributed by atoms with E-state index < -0.39 is 38.6 Å². The molecule has 1 N–H and O–H groups in total. The molecule has 0 saturated heterocycles. The minimum Gasteiger partial charge on any atom is -0.329 e. The number of nitrogens with one attached hydrogen (secondary N) is 1. The molecule has 2 aromatic carbocycles. The lowest BCUT2D eigenvalue weighted by Gasteiger charge is -2.16. The first-order chi connectivity index (χ1) is 13.3. The Balaban J connectivity index is 2.25. The van der Waals surface area contributed by atoms with Gasteiger partial charge in [0, 0.05) is 14.1 Å². The van der Waals surface area contributed by atoms with Gasteiger partial charge in [0.2, 0.25) is 0 Å². The fourth-order valence-corrected chi connectivity index (χ4v) is 3.18. The van der Waals surface area contributed by atoms with Crippen LogP contribution in [0.3, 0.4) is 0 Å². The van der Waals surface area contributed by atoms with E-state index in [0.29, 0.717) is 11.1 Å². The zero-order valence-electron chi connectivity index (χ0n) is 14.9. The predicted octanol–water partition coefficient (Wildman–Crippen LogP) is 2.61. The average Bonchev–Trinajstić information content (AvgIpc) is 3.09. The van der Waals surface area contributed by atoms with Crippen molar-refractivity contribution in [1.29, 1.82) is 0 Å². The van der Waals surface area contributed by atoms with Gasteiger partial charge in [-0.3, -0.25) is 5.10 Å². The topological polar surface area (TPSA) is 88.1 Å². The summed E-state index contributed by atoms with van der Waals surface area (Å²) in [6, 6.07) is 10.4. The number of carbonyl (C=O) groups is 1. The smallest absolute Gasteiger partial charge is 0.329 e. The monoisotopic (exact) mass is 406 g/mol. The van der Waals surface area contributed by atoms with E-state index in [0.717, 1.165) is 4.68 Å². The van der Waals surface area contributed by atoms with Gasteiger partial charge in [-0.1, -0.05) is 24.3 Å². The molecule has 0 fully saturated rings. The largest absolute Gasteiger partial charge is 0.345 e. The molecular formula is C18H16F2N4O3S. The first kappa shape index (κ1) is 19.5. The van der Waals surface area contributed by atoms with Crippen molar-refractivity contribution in [2.75, 3.05) is 14.1 Å². The van der Waals surface area contributed by atoms with Crippen LogP contribution in [-0.2, 0) is 10.3 Å². The quantitative estimate of drug-likeness (QED) is 0.678. The molecule has 0 aliphatic rings. The van der Waals surface area contributed by atoms with E-state index in [9.17, 15) is 22.0 Å². The maximum Gasteiger partial charge on any atom is 0.345 e. The van der Waals surface area contributed by atoms with E-state index in [1.54, 1.807) is 0 Å². The second-order valence-electron chi connectivity index (χ2n) is 6.17. The molecule has 0 aliphatic heterocycles. The molecule has 0 atom stereocenters. The lowest BCUT2D eigenvalue weighted by molar-refractivity contribution is 0.215. The van der Waals surface area contributed by atoms with Crippen LogP contribution >= 0.6 is 0 Å². The Labute approximate surface area is 160 Å². The highest BCUT2D eigenvalue weighted by atomic mass is 32.2. The Morgan fingerprint density at radius 2 is 1.46 bits per heavy atom. The minimum atomic E-state index is -2.79. The van der Waals surface area contributed by atoms with Crippen LogP contribution in [0, 0.1) is 16.4 Å². The highest BCUT2D eigenvalue weighted by Crippen LogP contribution is 2.30. The summed E-state index contributed by atoms with van der Waals surface area (Å²) in [4.78, 5) is 17.6. The molecule has 0 radical (unpaired) electrons. The summed E-state index contributed by atoms with van der Waals surface area (Å²) in [6.07, 6.45) is 0. The summed E-state index contributed by atoms with van der Waals surface area (Å²) >= 11 is 0. The van der Waals surface area contributed by atoms with Gasteiger partial charge in [-0.25, -0.2) is 13.6 Å². The third-order valence-corrected chi connectivity index (χ3v) is 4.61. The van der Waals surface area contributed by atoms with Gasteiger partial charge in [0.05, 0.1) is 5.92 Å². The van der Waals surface area contributed by atoms with Crippen molar-refractivity contribution in [3.05, 3.63) is 81.9 Å². The number of H-pyrrole nitrogens is 1. The lowest BCUT2D eigenvalue weighted by Crippen LogP contribution is -2.28. The molecule has 0 unspecified atom stereocenters. The van der Waals surface area contributed by atoms with Crippen molar-refractivity contribution in [1.82, 2.24) is 19.7 Å². The Morgan fingerprint density at radius 3 is 1.86 bits per heavy atom. The maximum absolute atomic E-state index is 13.4. The van der Waals surface area contributed by atoms with Gasteiger partial charge in [-0.2, -0.15) is 18.1 Å². The Morgan fingerprint density at radius 1 is 1.00 bits per heavy atom. The molecule has 3 aromatic rings. The molecule has 0 aliphatic carbocycles. The predicted molar refractivity (Wildman–Crippen MR) is 97.0 cm³/mol. The van der Waals surface area contributed by atoms with Gasteiger partial charge in [0.15, 0.2) is 0 Å². The molecule has 146 valence electrons.